The number of hydrogen-bond acceptors (Lipinski definition) is 4. The van der Waals surface area contributed by atoms with Crippen LogP contribution in [0.5, 0.6) is 0 Å². The molecule has 0 fully saturated rings. The van der Waals surface area contributed by atoms with Crippen LogP contribution in [0, 0.1) is 0 Å². The lowest BCUT2D eigenvalue weighted by atomic mass is 10.4. The Kier molecular flexibility index (Phi) is 1.83. The molecule has 3 N–H and O–H groups in total. The molecule has 0 aliphatic rings. The van der Waals surface area contributed by atoms with Gasteiger partial charge in [-0.05, 0) is 11.4 Å². The smallest absolute Gasteiger partial charge is 0.251 e. The zero-order chi connectivity index (χ0) is 10.3. The van der Waals surface area contributed by atoms with Crippen molar-refractivity contribution in [2.75, 3.05) is 0 Å². The molecule has 3 aromatic heterocycles. The molecular weight excluding hydrogens is 210 g/mol. The third-order valence-corrected chi connectivity index (χ3v) is 3.02. The zero-order valence-electron chi connectivity index (χ0n) is 7.84. The van der Waals surface area contributed by atoms with Crippen LogP contribution in [0.3, 0.4) is 0 Å². The molecular formula is C9H9N5S. The number of imidazole rings is 1. The number of H-pyrrole nitrogens is 1. The summed E-state index contributed by atoms with van der Waals surface area (Å²) in [4.78, 5) is 9.74. The van der Waals surface area contributed by atoms with Crippen molar-refractivity contribution < 1.29 is 0 Å². The zero-order valence-corrected chi connectivity index (χ0v) is 8.66. The molecule has 15 heavy (non-hydrogen) atoms. The largest absolute Gasteiger partial charge is 0.325 e. The lowest BCUT2D eigenvalue weighted by Crippen LogP contribution is -1.95. The van der Waals surface area contributed by atoms with Gasteiger partial charge in [-0.25, -0.2) is 9.50 Å². The number of aromatic amines is 1. The molecule has 0 aliphatic heterocycles. The van der Waals surface area contributed by atoms with Crippen LogP contribution in [0.15, 0.2) is 23.7 Å². The van der Waals surface area contributed by atoms with Gasteiger partial charge in [-0.2, -0.15) is 4.98 Å². The van der Waals surface area contributed by atoms with E-state index in [1.54, 1.807) is 15.9 Å². The number of nitrogens with one attached hydrogen (secondary N) is 1. The highest BCUT2D eigenvalue weighted by atomic mass is 32.1. The second-order valence-corrected chi connectivity index (χ2v) is 4.10. The number of fused-ring (bicyclic) bond motifs is 1. The topological polar surface area (TPSA) is 72.0 Å². The number of nitrogens with zero attached hydrogens (tertiary/aromatic N) is 3. The van der Waals surface area contributed by atoms with Gasteiger partial charge in [0.15, 0.2) is 5.82 Å². The van der Waals surface area contributed by atoms with E-state index in [0.717, 1.165) is 16.4 Å². The molecule has 0 amide bonds. The third-order valence-electron chi connectivity index (χ3n) is 2.14. The Morgan fingerprint density at radius 2 is 2.40 bits per heavy atom. The highest BCUT2D eigenvalue weighted by molar-refractivity contribution is 7.13. The molecule has 3 heterocycles. The first-order chi connectivity index (χ1) is 7.36. The molecule has 3 aromatic rings. The summed E-state index contributed by atoms with van der Waals surface area (Å²) >= 11 is 1.65. The summed E-state index contributed by atoms with van der Waals surface area (Å²) in [6.45, 7) is 0.436. The molecule has 0 radical (unpaired) electrons. The first kappa shape index (κ1) is 8.63. The van der Waals surface area contributed by atoms with Crippen molar-refractivity contribution in [2.45, 2.75) is 6.54 Å². The van der Waals surface area contributed by atoms with Gasteiger partial charge < -0.3 is 5.73 Å². The van der Waals surface area contributed by atoms with Crippen LogP contribution in [-0.4, -0.2) is 19.6 Å². The number of rotatable bonds is 2. The van der Waals surface area contributed by atoms with Gasteiger partial charge in [0, 0.05) is 6.54 Å². The monoisotopic (exact) mass is 219 g/mol. The standard InChI is InChI=1S/C9H9N5S/c10-4-6-5-14-9(11-6)12-8(13-14)7-2-1-3-15-7/h1-3,5H,4,10H2,(H,11,12,13). The Labute approximate surface area is 89.6 Å². The Balaban J connectivity index is 2.12. The normalized spacial score (nSPS) is 11.3. The Hall–Kier alpha value is -1.66. The van der Waals surface area contributed by atoms with Crippen molar-refractivity contribution in [2.24, 2.45) is 5.73 Å². The number of thiophene rings is 1. The van der Waals surface area contributed by atoms with E-state index in [9.17, 15) is 0 Å². The molecule has 6 heteroatoms. The van der Waals surface area contributed by atoms with Crippen LogP contribution in [0.4, 0.5) is 0 Å². The Morgan fingerprint density at radius 1 is 1.47 bits per heavy atom. The number of aromatic nitrogens is 4. The van der Waals surface area contributed by atoms with E-state index in [1.807, 2.05) is 23.7 Å². The minimum Gasteiger partial charge on any atom is -0.325 e. The number of nitrogens with two attached hydrogens (primary N) is 1. The van der Waals surface area contributed by atoms with E-state index in [-0.39, 0.29) is 0 Å². The lowest BCUT2D eigenvalue weighted by Gasteiger charge is -1.87. The summed E-state index contributed by atoms with van der Waals surface area (Å²) < 4.78 is 1.79. The molecule has 5 nitrogen and oxygen atoms in total. The third kappa shape index (κ3) is 1.34. The summed E-state index contributed by atoms with van der Waals surface area (Å²) in [5, 5.41) is 5.17. The molecule has 0 unspecified atom stereocenters. The highest BCUT2D eigenvalue weighted by Gasteiger charge is 2.08. The van der Waals surface area contributed by atoms with E-state index in [0.29, 0.717) is 12.3 Å². The minimum atomic E-state index is 0.436. The molecule has 0 spiro atoms. The Bertz CT molecular complexity index is 545. The van der Waals surface area contributed by atoms with Crippen molar-refractivity contribution in [3.8, 4) is 10.7 Å². The molecule has 0 aromatic carbocycles. The van der Waals surface area contributed by atoms with Crippen molar-refractivity contribution in [3.63, 3.8) is 0 Å². The average molecular weight is 219 g/mol. The predicted molar refractivity (Wildman–Crippen MR) is 58.5 cm³/mol. The van der Waals surface area contributed by atoms with Gasteiger partial charge in [-0.15, -0.1) is 11.3 Å². The van der Waals surface area contributed by atoms with Gasteiger partial charge in [0.1, 0.15) is 0 Å². The van der Waals surface area contributed by atoms with Gasteiger partial charge in [0.2, 0.25) is 0 Å². The molecule has 0 saturated carbocycles. The molecule has 0 saturated heterocycles. The summed E-state index contributed by atoms with van der Waals surface area (Å²) in [6.07, 6.45) is 1.86. The maximum atomic E-state index is 5.49. The van der Waals surface area contributed by atoms with Crippen molar-refractivity contribution >= 4 is 17.1 Å². The van der Waals surface area contributed by atoms with Crippen molar-refractivity contribution in [1.29, 1.82) is 0 Å². The molecule has 3 rings (SSSR count). The van der Waals surface area contributed by atoms with Crippen LogP contribution < -0.4 is 5.73 Å². The first-order valence-electron chi connectivity index (χ1n) is 4.55. The van der Waals surface area contributed by atoms with E-state index < -0.39 is 0 Å². The number of hydrogen-bond donors (Lipinski definition) is 2. The summed E-state index contributed by atoms with van der Waals surface area (Å²) in [7, 11) is 0. The maximum absolute atomic E-state index is 5.49. The summed E-state index contributed by atoms with van der Waals surface area (Å²) in [5.74, 6) is 1.51. The highest BCUT2D eigenvalue weighted by Crippen LogP contribution is 2.21. The van der Waals surface area contributed by atoms with Crippen LogP contribution in [0.2, 0.25) is 0 Å². The first-order valence-corrected chi connectivity index (χ1v) is 5.43. The van der Waals surface area contributed by atoms with Crippen LogP contribution in [0.25, 0.3) is 16.5 Å². The fraction of sp³-hybridized carbons (Fsp3) is 0.111. The van der Waals surface area contributed by atoms with Gasteiger partial charge in [-0.3, -0.25) is 5.10 Å². The van der Waals surface area contributed by atoms with Crippen molar-refractivity contribution in [1.82, 2.24) is 19.6 Å². The average Bonchev–Trinajstić information content (AvgIpc) is 2.91. The quantitative estimate of drug-likeness (QED) is 0.681. The SMILES string of the molecule is NCc1cn2[nH]c(-c3cccs3)nc2n1. The molecule has 76 valence electrons. The van der Waals surface area contributed by atoms with E-state index in [4.69, 9.17) is 5.73 Å². The molecule has 0 aliphatic carbocycles. The van der Waals surface area contributed by atoms with E-state index >= 15 is 0 Å². The second kappa shape index (κ2) is 3.18. The summed E-state index contributed by atoms with van der Waals surface area (Å²) in [5.41, 5.74) is 6.33. The second-order valence-electron chi connectivity index (χ2n) is 3.16. The van der Waals surface area contributed by atoms with E-state index in [2.05, 4.69) is 15.1 Å². The Morgan fingerprint density at radius 3 is 3.07 bits per heavy atom. The molecule has 0 bridgehead atoms. The van der Waals surface area contributed by atoms with Gasteiger partial charge in [0.05, 0.1) is 16.8 Å². The van der Waals surface area contributed by atoms with Gasteiger partial charge >= 0.3 is 0 Å². The van der Waals surface area contributed by atoms with Crippen LogP contribution in [0.1, 0.15) is 5.69 Å². The summed E-state index contributed by atoms with van der Waals surface area (Å²) in [6, 6.07) is 4.02. The van der Waals surface area contributed by atoms with Crippen molar-refractivity contribution in [3.05, 3.63) is 29.4 Å². The van der Waals surface area contributed by atoms with Crippen LogP contribution >= 0.6 is 11.3 Å². The predicted octanol–water partition coefficient (Wildman–Crippen LogP) is 1.24. The maximum Gasteiger partial charge on any atom is 0.251 e. The van der Waals surface area contributed by atoms with E-state index in [1.165, 1.54) is 0 Å². The van der Waals surface area contributed by atoms with Gasteiger partial charge in [0.25, 0.3) is 5.78 Å². The minimum absolute atomic E-state index is 0.436. The van der Waals surface area contributed by atoms with Crippen LogP contribution in [-0.2, 0) is 6.54 Å². The fourth-order valence-corrected chi connectivity index (χ4v) is 2.10. The lowest BCUT2D eigenvalue weighted by molar-refractivity contribution is 0.959. The molecule has 0 atom stereocenters. The fourth-order valence-electron chi connectivity index (χ4n) is 1.44. The van der Waals surface area contributed by atoms with Gasteiger partial charge in [-0.1, -0.05) is 6.07 Å².